The van der Waals surface area contributed by atoms with Crippen molar-refractivity contribution in [2.75, 3.05) is 6.61 Å². The lowest BCUT2D eigenvalue weighted by Gasteiger charge is -2.09. The van der Waals surface area contributed by atoms with Gasteiger partial charge in [-0.05, 0) is 18.4 Å². The van der Waals surface area contributed by atoms with Gasteiger partial charge in [0.2, 0.25) is 5.88 Å². The predicted molar refractivity (Wildman–Crippen MR) is 58.0 cm³/mol. The maximum atomic E-state index is 7.33. The fourth-order valence-corrected chi connectivity index (χ4v) is 1.02. The van der Waals surface area contributed by atoms with E-state index in [9.17, 15) is 0 Å². The van der Waals surface area contributed by atoms with Crippen LogP contribution in [0, 0.1) is 11.3 Å². The molecule has 0 spiro atoms. The van der Waals surface area contributed by atoms with Crippen molar-refractivity contribution in [3.63, 3.8) is 0 Å². The van der Waals surface area contributed by atoms with Crippen LogP contribution in [0.4, 0.5) is 0 Å². The molecule has 82 valence electrons. The Bertz CT molecular complexity index is 338. The quantitative estimate of drug-likeness (QED) is 0.562. The van der Waals surface area contributed by atoms with Crippen molar-refractivity contribution in [1.29, 1.82) is 5.41 Å². The predicted octanol–water partition coefficient (Wildman–Crippen LogP) is 1.19. The Labute approximate surface area is 89.2 Å². The summed E-state index contributed by atoms with van der Waals surface area (Å²) in [6.45, 7) is 4.80. The zero-order valence-corrected chi connectivity index (χ0v) is 9.03. The van der Waals surface area contributed by atoms with Crippen molar-refractivity contribution in [1.82, 2.24) is 10.2 Å². The van der Waals surface area contributed by atoms with Crippen molar-refractivity contribution in [2.24, 2.45) is 11.7 Å². The summed E-state index contributed by atoms with van der Waals surface area (Å²) in [5, 5.41) is 14.8. The molecule has 0 atom stereocenters. The van der Waals surface area contributed by atoms with Gasteiger partial charge in [-0.3, -0.25) is 5.41 Å². The molecular weight excluding hydrogens is 192 g/mol. The van der Waals surface area contributed by atoms with Crippen molar-refractivity contribution < 1.29 is 4.74 Å². The summed E-state index contributed by atoms with van der Waals surface area (Å²) in [5.74, 6) is 0.859. The summed E-state index contributed by atoms with van der Waals surface area (Å²) in [7, 11) is 0. The Hall–Kier alpha value is -1.65. The van der Waals surface area contributed by atoms with E-state index in [4.69, 9.17) is 15.9 Å². The van der Waals surface area contributed by atoms with Gasteiger partial charge in [0.25, 0.3) is 0 Å². The molecule has 1 rings (SSSR count). The molecular formula is C10H16N4O. The maximum absolute atomic E-state index is 7.33. The molecule has 1 heterocycles. The molecule has 0 amide bonds. The van der Waals surface area contributed by atoms with Gasteiger partial charge in [-0.1, -0.05) is 13.8 Å². The lowest BCUT2D eigenvalue weighted by molar-refractivity contribution is 0.276. The number of nitrogens with zero attached hydrogens (tertiary/aromatic N) is 2. The Morgan fingerprint density at radius 3 is 2.93 bits per heavy atom. The van der Waals surface area contributed by atoms with Gasteiger partial charge in [-0.15, -0.1) is 5.10 Å². The second-order valence-electron chi connectivity index (χ2n) is 3.69. The third-order valence-electron chi connectivity index (χ3n) is 1.91. The Balaban J connectivity index is 2.63. The molecule has 0 aliphatic heterocycles. The minimum Gasteiger partial charge on any atom is -0.476 e. The van der Waals surface area contributed by atoms with Crippen LogP contribution in [-0.2, 0) is 0 Å². The average molecular weight is 208 g/mol. The van der Waals surface area contributed by atoms with Crippen LogP contribution in [0.1, 0.15) is 25.8 Å². The lowest BCUT2D eigenvalue weighted by atomic mass is 10.1. The lowest BCUT2D eigenvalue weighted by Crippen LogP contribution is -2.15. The summed E-state index contributed by atoms with van der Waals surface area (Å²) in [5.41, 5.74) is 5.88. The van der Waals surface area contributed by atoms with E-state index in [2.05, 4.69) is 24.0 Å². The summed E-state index contributed by atoms with van der Waals surface area (Å²) < 4.78 is 5.41. The van der Waals surface area contributed by atoms with E-state index in [0.717, 1.165) is 6.42 Å². The Morgan fingerprint density at radius 2 is 2.33 bits per heavy atom. The first-order chi connectivity index (χ1) is 7.11. The molecule has 3 N–H and O–H groups in total. The second-order valence-corrected chi connectivity index (χ2v) is 3.69. The third kappa shape index (κ3) is 3.53. The number of nitrogens with one attached hydrogen (secondary N) is 1. The van der Waals surface area contributed by atoms with Gasteiger partial charge in [0.15, 0.2) is 0 Å². The number of rotatable bonds is 5. The van der Waals surface area contributed by atoms with Crippen molar-refractivity contribution in [3.8, 4) is 5.88 Å². The van der Waals surface area contributed by atoms with Crippen LogP contribution in [-0.4, -0.2) is 22.6 Å². The van der Waals surface area contributed by atoms with Gasteiger partial charge >= 0.3 is 0 Å². The van der Waals surface area contributed by atoms with Crippen LogP contribution in [0.2, 0.25) is 0 Å². The van der Waals surface area contributed by atoms with E-state index in [1.165, 1.54) is 6.20 Å². The summed E-state index contributed by atoms with van der Waals surface area (Å²) in [6.07, 6.45) is 2.43. The number of aromatic nitrogens is 2. The first-order valence-corrected chi connectivity index (χ1v) is 4.90. The van der Waals surface area contributed by atoms with E-state index in [-0.39, 0.29) is 5.84 Å². The smallest absolute Gasteiger partial charge is 0.244 e. The molecule has 0 saturated heterocycles. The molecule has 1 aromatic rings. The number of hydrogen-bond acceptors (Lipinski definition) is 4. The highest BCUT2D eigenvalue weighted by molar-refractivity contribution is 5.96. The highest BCUT2D eigenvalue weighted by atomic mass is 16.5. The highest BCUT2D eigenvalue weighted by Crippen LogP contribution is 2.13. The van der Waals surface area contributed by atoms with E-state index in [1.54, 1.807) is 6.07 Å². The molecule has 0 aliphatic rings. The standard InChI is InChI=1S/C10H16N4O/c1-7(2)4-6-15-10-8(9(11)12)3-5-13-14-10/h3,5,7H,4,6H2,1-2H3,(H3,11,12). The Morgan fingerprint density at radius 1 is 1.60 bits per heavy atom. The van der Waals surface area contributed by atoms with Gasteiger partial charge in [0, 0.05) is 0 Å². The summed E-state index contributed by atoms with van der Waals surface area (Å²) in [6, 6.07) is 1.63. The molecule has 0 aliphatic carbocycles. The van der Waals surface area contributed by atoms with Crippen molar-refractivity contribution >= 4 is 5.84 Å². The van der Waals surface area contributed by atoms with Crippen LogP contribution in [0.5, 0.6) is 5.88 Å². The summed E-state index contributed by atoms with van der Waals surface area (Å²) in [4.78, 5) is 0. The molecule has 0 bridgehead atoms. The summed E-state index contributed by atoms with van der Waals surface area (Å²) >= 11 is 0. The molecule has 1 aromatic heterocycles. The fraction of sp³-hybridized carbons (Fsp3) is 0.500. The third-order valence-corrected chi connectivity index (χ3v) is 1.91. The molecule has 0 aromatic carbocycles. The van der Waals surface area contributed by atoms with E-state index >= 15 is 0 Å². The normalized spacial score (nSPS) is 10.3. The number of ether oxygens (including phenoxy) is 1. The molecule has 15 heavy (non-hydrogen) atoms. The van der Waals surface area contributed by atoms with Crippen LogP contribution in [0.15, 0.2) is 12.3 Å². The largest absolute Gasteiger partial charge is 0.476 e. The molecule has 5 nitrogen and oxygen atoms in total. The zero-order chi connectivity index (χ0) is 11.3. The minimum atomic E-state index is -0.0514. The topological polar surface area (TPSA) is 84.9 Å². The van der Waals surface area contributed by atoms with Gasteiger partial charge in [-0.2, -0.15) is 5.10 Å². The molecule has 0 fully saturated rings. The van der Waals surface area contributed by atoms with Gasteiger partial charge < -0.3 is 10.5 Å². The highest BCUT2D eigenvalue weighted by Gasteiger charge is 2.08. The number of hydrogen-bond donors (Lipinski definition) is 2. The van der Waals surface area contributed by atoms with Gasteiger partial charge in [-0.25, -0.2) is 0 Å². The molecule has 5 heteroatoms. The van der Waals surface area contributed by atoms with Gasteiger partial charge in [0.1, 0.15) is 5.84 Å². The van der Waals surface area contributed by atoms with E-state index in [1.807, 2.05) is 0 Å². The fourth-order valence-electron chi connectivity index (χ4n) is 1.02. The van der Waals surface area contributed by atoms with Crippen LogP contribution < -0.4 is 10.5 Å². The minimum absolute atomic E-state index is 0.0514. The van der Waals surface area contributed by atoms with Gasteiger partial charge in [0.05, 0.1) is 18.4 Å². The zero-order valence-electron chi connectivity index (χ0n) is 9.03. The second kappa shape index (κ2) is 5.29. The first kappa shape index (κ1) is 11.4. The number of nitrogens with two attached hydrogens (primary N) is 1. The molecule has 0 radical (unpaired) electrons. The van der Waals surface area contributed by atoms with E-state index in [0.29, 0.717) is 24.0 Å². The van der Waals surface area contributed by atoms with Crippen LogP contribution in [0.25, 0.3) is 0 Å². The molecule has 0 unspecified atom stereocenters. The first-order valence-electron chi connectivity index (χ1n) is 4.90. The number of amidine groups is 1. The monoisotopic (exact) mass is 208 g/mol. The number of nitrogen functional groups attached to an aromatic ring is 1. The Kier molecular flexibility index (Phi) is 4.03. The average Bonchev–Trinajstić information content (AvgIpc) is 2.17. The van der Waals surface area contributed by atoms with E-state index < -0.39 is 0 Å². The van der Waals surface area contributed by atoms with Crippen molar-refractivity contribution in [2.45, 2.75) is 20.3 Å². The van der Waals surface area contributed by atoms with Crippen molar-refractivity contribution in [3.05, 3.63) is 17.8 Å². The van der Waals surface area contributed by atoms with Crippen LogP contribution in [0.3, 0.4) is 0 Å². The SMILES string of the molecule is CC(C)CCOc1nnccc1C(=N)N. The van der Waals surface area contributed by atoms with Crippen LogP contribution >= 0.6 is 0 Å². The molecule has 0 saturated carbocycles. The maximum Gasteiger partial charge on any atom is 0.244 e.